The second kappa shape index (κ2) is 8.25. The normalized spacial score (nSPS) is 11.8. The van der Waals surface area contributed by atoms with Gasteiger partial charge in [-0.3, -0.25) is 0 Å². The lowest BCUT2D eigenvalue weighted by Crippen LogP contribution is -2.22. The monoisotopic (exact) mass is 402 g/mol. The molecule has 4 nitrogen and oxygen atoms in total. The van der Waals surface area contributed by atoms with Crippen LogP contribution in [0.4, 0.5) is 4.39 Å². The Bertz CT molecular complexity index is 1180. The van der Waals surface area contributed by atoms with Gasteiger partial charge in [-0.2, -0.15) is 0 Å². The molecule has 0 heterocycles. The molecule has 0 saturated heterocycles. The fourth-order valence-electron chi connectivity index (χ4n) is 3.17. The van der Waals surface area contributed by atoms with Crippen LogP contribution >= 0.6 is 0 Å². The van der Waals surface area contributed by atoms with Gasteiger partial charge in [0.1, 0.15) is 23.1 Å². The molecular weight excluding hydrogens is 383 g/mol. The van der Waals surface area contributed by atoms with Crippen molar-refractivity contribution < 1.29 is 23.8 Å². The Morgan fingerprint density at radius 1 is 0.867 bits per heavy atom. The highest BCUT2D eigenvalue weighted by Gasteiger charge is 2.13. The molecule has 1 atom stereocenters. The van der Waals surface area contributed by atoms with Crippen LogP contribution in [-0.4, -0.2) is 17.2 Å². The fourth-order valence-corrected chi connectivity index (χ4v) is 3.17. The summed E-state index contributed by atoms with van der Waals surface area (Å²) in [6.07, 6.45) is -0.933. The van der Waals surface area contributed by atoms with Gasteiger partial charge in [0, 0.05) is 0 Å². The number of rotatable bonds is 6. The summed E-state index contributed by atoms with van der Waals surface area (Å²) in [5, 5.41) is 11.1. The minimum absolute atomic E-state index is 0.310. The maximum atomic E-state index is 13.0. The van der Waals surface area contributed by atoms with Crippen molar-refractivity contribution in [2.75, 3.05) is 0 Å². The van der Waals surface area contributed by atoms with E-state index in [4.69, 9.17) is 14.6 Å². The molecule has 0 bridgehead atoms. The van der Waals surface area contributed by atoms with Gasteiger partial charge in [-0.05, 0) is 77.4 Å². The number of hydrogen-bond donors (Lipinski definition) is 1. The number of carboxylic acids is 1. The largest absolute Gasteiger partial charge is 0.479 e. The standard InChI is InChI=1S/C25H19FO4/c1-16(25(27)28)29-22-12-7-17-3-2-4-23(24(17)15-22)18-5-10-20(11-6-18)30-21-13-8-19(26)9-14-21/h2-16H,1H3,(H,27,28)/t16-/m0/s1. The van der Waals surface area contributed by atoms with E-state index in [0.717, 1.165) is 21.9 Å². The average Bonchev–Trinajstić information content (AvgIpc) is 2.75. The maximum absolute atomic E-state index is 13.0. The molecule has 0 spiro atoms. The number of benzene rings is 4. The highest BCUT2D eigenvalue weighted by atomic mass is 19.1. The molecule has 0 aliphatic carbocycles. The van der Waals surface area contributed by atoms with Crippen molar-refractivity contribution in [2.45, 2.75) is 13.0 Å². The van der Waals surface area contributed by atoms with Gasteiger partial charge in [-0.1, -0.05) is 36.4 Å². The van der Waals surface area contributed by atoms with Gasteiger partial charge in [0.2, 0.25) is 0 Å². The highest BCUT2D eigenvalue weighted by Crippen LogP contribution is 2.33. The minimum atomic E-state index is -1.01. The van der Waals surface area contributed by atoms with Crippen molar-refractivity contribution in [3.63, 3.8) is 0 Å². The van der Waals surface area contributed by atoms with Crippen LogP contribution in [0.1, 0.15) is 6.92 Å². The van der Waals surface area contributed by atoms with Gasteiger partial charge in [0.15, 0.2) is 6.10 Å². The smallest absolute Gasteiger partial charge is 0.344 e. The van der Waals surface area contributed by atoms with Crippen molar-refractivity contribution in [1.82, 2.24) is 0 Å². The molecule has 30 heavy (non-hydrogen) atoms. The number of hydrogen-bond acceptors (Lipinski definition) is 3. The molecule has 0 fully saturated rings. The van der Waals surface area contributed by atoms with Crippen LogP contribution in [-0.2, 0) is 4.79 Å². The summed E-state index contributed by atoms with van der Waals surface area (Å²) < 4.78 is 24.3. The van der Waals surface area contributed by atoms with Crippen molar-refractivity contribution in [3.05, 3.63) is 90.7 Å². The second-order valence-corrected chi connectivity index (χ2v) is 6.87. The third-order valence-corrected chi connectivity index (χ3v) is 4.73. The third kappa shape index (κ3) is 4.25. The van der Waals surface area contributed by atoms with E-state index in [1.54, 1.807) is 18.2 Å². The van der Waals surface area contributed by atoms with Crippen LogP contribution in [0.3, 0.4) is 0 Å². The Morgan fingerprint density at radius 2 is 1.50 bits per heavy atom. The molecular formula is C25H19FO4. The SMILES string of the molecule is C[C@H](Oc1ccc2cccc(-c3ccc(Oc4ccc(F)cc4)cc3)c2c1)C(=O)O. The van der Waals surface area contributed by atoms with Crippen molar-refractivity contribution in [1.29, 1.82) is 0 Å². The number of halogens is 1. The molecule has 4 rings (SSSR count). The van der Waals surface area contributed by atoms with E-state index in [-0.39, 0.29) is 5.82 Å². The summed E-state index contributed by atoms with van der Waals surface area (Å²) in [5.41, 5.74) is 1.98. The predicted molar refractivity (Wildman–Crippen MR) is 114 cm³/mol. The number of carboxylic acid groups (broad SMARTS) is 1. The van der Waals surface area contributed by atoms with Crippen LogP contribution in [0.15, 0.2) is 84.9 Å². The predicted octanol–water partition coefficient (Wildman–Crippen LogP) is 6.29. The van der Waals surface area contributed by atoms with Crippen molar-refractivity contribution >= 4 is 16.7 Å². The lowest BCUT2D eigenvalue weighted by molar-refractivity contribution is -0.144. The Kier molecular flexibility index (Phi) is 5.35. The maximum Gasteiger partial charge on any atom is 0.344 e. The van der Waals surface area contributed by atoms with Crippen molar-refractivity contribution in [2.24, 2.45) is 0 Å². The summed E-state index contributed by atoms with van der Waals surface area (Å²) in [7, 11) is 0. The number of carbonyl (C=O) groups is 1. The molecule has 0 aliphatic heterocycles. The lowest BCUT2D eigenvalue weighted by atomic mass is 9.98. The molecule has 0 aromatic heterocycles. The summed E-state index contributed by atoms with van der Waals surface area (Å²) in [6, 6.07) is 25.0. The van der Waals surface area contributed by atoms with Crippen LogP contribution in [0.2, 0.25) is 0 Å². The van der Waals surface area contributed by atoms with Crippen LogP contribution in [0.25, 0.3) is 21.9 Å². The van der Waals surface area contributed by atoms with Crippen LogP contribution < -0.4 is 9.47 Å². The van der Waals surface area contributed by atoms with E-state index in [2.05, 4.69) is 0 Å². The second-order valence-electron chi connectivity index (χ2n) is 6.87. The average molecular weight is 402 g/mol. The van der Waals surface area contributed by atoms with Gasteiger partial charge in [-0.15, -0.1) is 0 Å². The molecule has 1 N–H and O–H groups in total. The van der Waals surface area contributed by atoms with E-state index in [1.165, 1.54) is 19.1 Å². The summed E-state index contributed by atoms with van der Waals surface area (Å²) in [4.78, 5) is 11.1. The molecule has 0 amide bonds. The lowest BCUT2D eigenvalue weighted by Gasteiger charge is -2.13. The zero-order chi connectivity index (χ0) is 21.1. The Labute approximate surface area is 173 Å². The first-order chi connectivity index (χ1) is 14.5. The van der Waals surface area contributed by atoms with E-state index < -0.39 is 12.1 Å². The molecule has 5 heteroatoms. The molecule has 4 aromatic rings. The molecule has 0 saturated carbocycles. The third-order valence-electron chi connectivity index (χ3n) is 4.73. The van der Waals surface area contributed by atoms with Gasteiger partial charge in [-0.25, -0.2) is 9.18 Å². The molecule has 0 unspecified atom stereocenters. The topological polar surface area (TPSA) is 55.8 Å². The Balaban J connectivity index is 1.63. The summed E-state index contributed by atoms with van der Waals surface area (Å²) >= 11 is 0. The quantitative estimate of drug-likeness (QED) is 0.412. The summed E-state index contributed by atoms with van der Waals surface area (Å²) in [5.74, 6) is 0.379. The molecule has 0 radical (unpaired) electrons. The summed E-state index contributed by atoms with van der Waals surface area (Å²) in [6.45, 7) is 1.50. The van der Waals surface area contributed by atoms with Gasteiger partial charge in [0.25, 0.3) is 0 Å². The van der Waals surface area contributed by atoms with E-state index in [9.17, 15) is 9.18 Å². The zero-order valence-electron chi connectivity index (χ0n) is 16.2. The number of aliphatic carboxylic acids is 1. The van der Waals surface area contributed by atoms with Crippen LogP contribution in [0.5, 0.6) is 17.2 Å². The van der Waals surface area contributed by atoms with Crippen LogP contribution in [0, 0.1) is 5.82 Å². The van der Waals surface area contributed by atoms with Gasteiger partial charge < -0.3 is 14.6 Å². The molecule has 150 valence electrons. The first-order valence-electron chi connectivity index (χ1n) is 9.46. The fraction of sp³-hybridized carbons (Fsp3) is 0.0800. The zero-order valence-corrected chi connectivity index (χ0v) is 16.2. The Hall–Kier alpha value is -3.86. The first-order valence-corrected chi connectivity index (χ1v) is 9.46. The minimum Gasteiger partial charge on any atom is -0.479 e. The van der Waals surface area contributed by atoms with E-state index >= 15 is 0 Å². The van der Waals surface area contributed by atoms with E-state index in [0.29, 0.717) is 17.2 Å². The van der Waals surface area contributed by atoms with Gasteiger partial charge in [0.05, 0.1) is 0 Å². The number of fused-ring (bicyclic) bond motifs is 1. The number of ether oxygens (including phenoxy) is 2. The molecule has 0 aliphatic rings. The Morgan fingerprint density at radius 3 is 2.17 bits per heavy atom. The van der Waals surface area contributed by atoms with E-state index in [1.807, 2.05) is 54.6 Å². The highest BCUT2D eigenvalue weighted by molar-refractivity contribution is 5.97. The van der Waals surface area contributed by atoms with Gasteiger partial charge >= 0.3 is 5.97 Å². The molecule has 4 aromatic carbocycles. The first kappa shape index (κ1) is 19.5. The van der Waals surface area contributed by atoms with Crippen molar-refractivity contribution in [3.8, 4) is 28.4 Å².